The normalized spacial score (nSPS) is 12.6. The second-order valence-electron chi connectivity index (χ2n) is 5.81. The van der Waals surface area contributed by atoms with Crippen molar-refractivity contribution in [1.82, 2.24) is 0 Å². The van der Waals surface area contributed by atoms with Crippen molar-refractivity contribution in [2.75, 3.05) is 0 Å². The molecule has 1 aromatic rings. The van der Waals surface area contributed by atoms with Crippen molar-refractivity contribution in [2.24, 2.45) is 0 Å². The smallest absolute Gasteiger partial charge is 0.250 e. The quantitative estimate of drug-likeness (QED) is 0.787. The summed E-state index contributed by atoms with van der Waals surface area (Å²) >= 11 is 0. The number of benzene rings is 1. The number of aromatic hydroxyl groups is 1. The van der Waals surface area contributed by atoms with Gasteiger partial charge in [-0.25, -0.2) is 0 Å². The van der Waals surface area contributed by atoms with Gasteiger partial charge in [0.15, 0.2) is 0 Å². The van der Waals surface area contributed by atoms with Gasteiger partial charge in [-0.3, -0.25) is 0 Å². The fourth-order valence-corrected chi connectivity index (χ4v) is 2.16. The largest absolute Gasteiger partial charge is 0.543 e. The highest BCUT2D eigenvalue weighted by molar-refractivity contribution is 6.74. The van der Waals surface area contributed by atoms with Crippen molar-refractivity contribution in [3.63, 3.8) is 0 Å². The second-order valence-corrected chi connectivity index (χ2v) is 10.5. The van der Waals surface area contributed by atoms with E-state index >= 15 is 0 Å². The van der Waals surface area contributed by atoms with Crippen LogP contribution < -0.4 is 4.43 Å². The van der Waals surface area contributed by atoms with Crippen LogP contribution in [-0.4, -0.2) is 13.4 Å². The van der Waals surface area contributed by atoms with E-state index in [1.807, 2.05) is 19.1 Å². The summed E-state index contributed by atoms with van der Waals surface area (Å²) in [5.41, 5.74) is 0.858. The summed E-state index contributed by atoms with van der Waals surface area (Å²) in [5.74, 6) is 1.18. The summed E-state index contributed by atoms with van der Waals surface area (Å²) in [7, 11) is -1.77. The number of phenols is 1. The number of hydrogen-bond donors (Lipinski definition) is 1. The predicted molar refractivity (Wildman–Crippen MR) is 70.7 cm³/mol. The van der Waals surface area contributed by atoms with E-state index in [0.717, 1.165) is 11.3 Å². The molecule has 1 rings (SSSR count). The summed E-state index contributed by atoms with van der Waals surface area (Å²) in [6.45, 7) is 13.0. The van der Waals surface area contributed by atoms with Crippen LogP contribution in [0.5, 0.6) is 11.5 Å². The van der Waals surface area contributed by atoms with Gasteiger partial charge in [0.2, 0.25) is 8.32 Å². The number of phenolic OH excluding ortho intramolecular Hbond substituents is 1. The van der Waals surface area contributed by atoms with Crippen LogP contribution in [0.4, 0.5) is 0 Å². The van der Waals surface area contributed by atoms with Gasteiger partial charge in [0.05, 0.1) is 0 Å². The van der Waals surface area contributed by atoms with Crippen molar-refractivity contribution in [3.8, 4) is 11.5 Å². The Morgan fingerprint density at radius 1 is 1.19 bits per heavy atom. The van der Waals surface area contributed by atoms with Gasteiger partial charge in [0.25, 0.3) is 0 Å². The number of aryl methyl sites for hydroxylation is 1. The molecule has 0 fully saturated rings. The fourth-order valence-electron chi connectivity index (χ4n) is 1.14. The molecule has 0 aromatic heterocycles. The van der Waals surface area contributed by atoms with Crippen LogP contribution in [-0.2, 0) is 0 Å². The van der Waals surface area contributed by atoms with Crippen LogP contribution in [0.25, 0.3) is 0 Å². The number of rotatable bonds is 2. The molecule has 0 aliphatic rings. The third kappa shape index (κ3) is 2.79. The van der Waals surface area contributed by atoms with Gasteiger partial charge >= 0.3 is 0 Å². The molecule has 0 atom stereocenters. The Hall–Kier alpha value is -0.963. The highest BCUT2D eigenvalue weighted by atomic mass is 28.4. The molecular formula is C13H22O2Si. The topological polar surface area (TPSA) is 29.5 Å². The van der Waals surface area contributed by atoms with Gasteiger partial charge < -0.3 is 9.53 Å². The van der Waals surface area contributed by atoms with Gasteiger partial charge in [-0.05, 0) is 48.8 Å². The maximum absolute atomic E-state index is 9.46. The highest BCUT2D eigenvalue weighted by Gasteiger charge is 2.38. The van der Waals surface area contributed by atoms with E-state index in [1.54, 1.807) is 6.07 Å². The van der Waals surface area contributed by atoms with Crippen molar-refractivity contribution in [1.29, 1.82) is 0 Å². The summed E-state index contributed by atoms with van der Waals surface area (Å²) in [6.07, 6.45) is 0. The molecule has 0 aliphatic carbocycles. The SMILES string of the molecule is Cc1cc(O[Si](C)(C)C(C)(C)C)ccc1O. The standard InChI is InChI=1S/C13H22O2Si/c1-10-9-11(7-8-12(10)14)15-16(5,6)13(2,3)4/h7-9,14H,1-6H3. The molecule has 0 amide bonds. The van der Waals surface area contributed by atoms with Crippen LogP contribution in [0, 0.1) is 6.92 Å². The van der Waals surface area contributed by atoms with E-state index in [1.165, 1.54) is 0 Å². The van der Waals surface area contributed by atoms with Gasteiger partial charge in [0, 0.05) is 0 Å². The van der Waals surface area contributed by atoms with Gasteiger partial charge in [0.1, 0.15) is 11.5 Å². The van der Waals surface area contributed by atoms with Crippen LogP contribution in [0.15, 0.2) is 18.2 Å². The Bertz CT molecular complexity index is 378. The minimum absolute atomic E-state index is 0.193. The molecule has 1 aromatic carbocycles. The first kappa shape index (κ1) is 13.1. The molecule has 2 nitrogen and oxygen atoms in total. The number of hydrogen-bond acceptors (Lipinski definition) is 2. The minimum Gasteiger partial charge on any atom is -0.543 e. The van der Waals surface area contributed by atoms with Crippen LogP contribution in [0.3, 0.4) is 0 Å². The Morgan fingerprint density at radius 2 is 1.75 bits per heavy atom. The summed E-state index contributed by atoms with van der Waals surface area (Å²) in [4.78, 5) is 0. The molecule has 0 heterocycles. The second kappa shape index (κ2) is 4.13. The lowest BCUT2D eigenvalue weighted by molar-refractivity contribution is 0.464. The van der Waals surface area contributed by atoms with Crippen molar-refractivity contribution < 1.29 is 9.53 Å². The molecule has 1 N–H and O–H groups in total. The van der Waals surface area contributed by atoms with Crippen molar-refractivity contribution in [2.45, 2.75) is 45.8 Å². The van der Waals surface area contributed by atoms with Crippen LogP contribution in [0.2, 0.25) is 18.1 Å². The maximum Gasteiger partial charge on any atom is 0.250 e. The van der Waals surface area contributed by atoms with Crippen molar-refractivity contribution >= 4 is 8.32 Å². The predicted octanol–water partition coefficient (Wildman–Crippen LogP) is 4.08. The average Bonchev–Trinajstić information content (AvgIpc) is 2.09. The molecule has 0 saturated carbocycles. The highest BCUT2D eigenvalue weighted by Crippen LogP contribution is 2.37. The summed E-state index contributed by atoms with van der Waals surface area (Å²) < 4.78 is 6.13. The third-order valence-electron chi connectivity index (χ3n) is 3.35. The molecule has 0 saturated heterocycles. The lowest BCUT2D eigenvalue weighted by Gasteiger charge is -2.36. The van der Waals surface area contributed by atoms with E-state index in [4.69, 9.17) is 4.43 Å². The average molecular weight is 238 g/mol. The van der Waals surface area contributed by atoms with Gasteiger partial charge in [-0.15, -0.1) is 0 Å². The first-order valence-electron chi connectivity index (χ1n) is 5.62. The molecule has 16 heavy (non-hydrogen) atoms. The van der Waals surface area contributed by atoms with E-state index in [2.05, 4.69) is 33.9 Å². The summed E-state index contributed by atoms with van der Waals surface area (Å²) in [5, 5.41) is 9.65. The fraction of sp³-hybridized carbons (Fsp3) is 0.538. The first-order valence-corrected chi connectivity index (χ1v) is 8.53. The molecule has 0 unspecified atom stereocenters. The first-order chi connectivity index (χ1) is 7.13. The van der Waals surface area contributed by atoms with E-state index in [0.29, 0.717) is 5.75 Å². The zero-order chi connectivity index (χ0) is 12.6. The zero-order valence-corrected chi connectivity index (χ0v) is 12.1. The Kier molecular flexibility index (Phi) is 3.38. The molecule has 0 aliphatic heterocycles. The molecule has 0 radical (unpaired) electrons. The van der Waals surface area contributed by atoms with Crippen LogP contribution in [0.1, 0.15) is 26.3 Å². The van der Waals surface area contributed by atoms with E-state index < -0.39 is 8.32 Å². The lowest BCUT2D eigenvalue weighted by atomic mass is 10.2. The lowest BCUT2D eigenvalue weighted by Crippen LogP contribution is -2.43. The van der Waals surface area contributed by atoms with Crippen LogP contribution >= 0.6 is 0 Å². The molecule has 3 heteroatoms. The van der Waals surface area contributed by atoms with Gasteiger partial charge in [-0.2, -0.15) is 0 Å². The molecular weight excluding hydrogens is 216 g/mol. The van der Waals surface area contributed by atoms with E-state index in [-0.39, 0.29) is 5.04 Å². The molecule has 0 bridgehead atoms. The zero-order valence-electron chi connectivity index (χ0n) is 11.1. The monoisotopic (exact) mass is 238 g/mol. The van der Waals surface area contributed by atoms with Gasteiger partial charge in [-0.1, -0.05) is 20.8 Å². The Balaban J connectivity index is 2.93. The van der Waals surface area contributed by atoms with Crippen molar-refractivity contribution in [3.05, 3.63) is 23.8 Å². The Morgan fingerprint density at radius 3 is 2.19 bits per heavy atom. The minimum atomic E-state index is -1.77. The van der Waals surface area contributed by atoms with E-state index in [9.17, 15) is 5.11 Å². The maximum atomic E-state index is 9.46. The molecule has 0 spiro atoms. The molecule has 90 valence electrons. The Labute approximate surface area is 99.4 Å². The third-order valence-corrected chi connectivity index (χ3v) is 7.71. The summed E-state index contributed by atoms with van der Waals surface area (Å²) in [6, 6.07) is 5.43.